The molecule has 0 saturated carbocycles. The number of hydrogen-bond acceptors (Lipinski definition) is 5. The minimum absolute atomic E-state index is 0.0991. The summed E-state index contributed by atoms with van der Waals surface area (Å²) in [6.07, 6.45) is 14.2. The molecule has 0 saturated heterocycles. The van der Waals surface area contributed by atoms with Crippen LogP contribution in [-0.2, 0) is 0 Å². The summed E-state index contributed by atoms with van der Waals surface area (Å²) in [5, 5.41) is 20.2. The van der Waals surface area contributed by atoms with Crippen molar-refractivity contribution in [1.29, 1.82) is 0 Å². The van der Waals surface area contributed by atoms with E-state index in [2.05, 4.69) is 13.8 Å². The lowest BCUT2D eigenvalue weighted by Crippen LogP contribution is -1.99. The second kappa shape index (κ2) is 16.1. The Hall–Kier alpha value is -2.56. The summed E-state index contributed by atoms with van der Waals surface area (Å²) >= 11 is 0. The fourth-order valence-corrected chi connectivity index (χ4v) is 3.61. The molecule has 0 heterocycles. The van der Waals surface area contributed by atoms with E-state index in [1.807, 2.05) is 0 Å². The number of aromatic hydroxyl groups is 2. The van der Waals surface area contributed by atoms with Crippen LogP contribution in [0.25, 0.3) is 0 Å². The van der Waals surface area contributed by atoms with Gasteiger partial charge in [-0.2, -0.15) is 0 Å². The van der Waals surface area contributed by atoms with Crippen molar-refractivity contribution in [2.45, 2.75) is 90.9 Å². The van der Waals surface area contributed by atoms with E-state index < -0.39 is 0 Å². The Morgan fingerprint density at radius 1 is 0.545 bits per heavy atom. The SMILES string of the molecule is CCCCCCCCOc1cc(Oc2ccc(O)c(OCCCCCCCC)c2)ccc1O. The molecule has 5 nitrogen and oxygen atoms in total. The van der Waals surface area contributed by atoms with Gasteiger partial charge in [-0.25, -0.2) is 0 Å². The monoisotopic (exact) mass is 458 g/mol. The Morgan fingerprint density at radius 2 is 0.939 bits per heavy atom. The van der Waals surface area contributed by atoms with E-state index >= 15 is 0 Å². The van der Waals surface area contributed by atoms with Gasteiger partial charge < -0.3 is 24.4 Å². The average molecular weight is 459 g/mol. The maximum atomic E-state index is 10.1. The number of unbranched alkanes of at least 4 members (excludes halogenated alkanes) is 10. The summed E-state index contributed by atoms with van der Waals surface area (Å²) in [7, 11) is 0. The molecule has 0 aliphatic carbocycles. The molecule has 0 amide bonds. The van der Waals surface area contributed by atoms with E-state index in [-0.39, 0.29) is 11.5 Å². The molecule has 33 heavy (non-hydrogen) atoms. The zero-order valence-corrected chi connectivity index (χ0v) is 20.5. The molecule has 0 aliphatic rings. The average Bonchev–Trinajstić information content (AvgIpc) is 2.81. The van der Waals surface area contributed by atoms with Gasteiger partial charge in [-0.3, -0.25) is 0 Å². The number of phenols is 2. The number of phenolic OH excluding ortho intramolecular Hbond substituents is 2. The largest absolute Gasteiger partial charge is 0.504 e. The van der Waals surface area contributed by atoms with Crippen LogP contribution >= 0.6 is 0 Å². The first-order valence-corrected chi connectivity index (χ1v) is 12.7. The van der Waals surface area contributed by atoms with E-state index in [4.69, 9.17) is 14.2 Å². The molecule has 0 spiro atoms. The first kappa shape index (κ1) is 26.7. The van der Waals surface area contributed by atoms with E-state index in [1.54, 1.807) is 36.4 Å². The van der Waals surface area contributed by atoms with Crippen molar-refractivity contribution in [1.82, 2.24) is 0 Å². The maximum absolute atomic E-state index is 10.1. The zero-order valence-electron chi connectivity index (χ0n) is 20.5. The van der Waals surface area contributed by atoms with E-state index in [1.165, 1.54) is 51.4 Å². The lowest BCUT2D eigenvalue weighted by Gasteiger charge is -2.13. The predicted molar refractivity (Wildman–Crippen MR) is 134 cm³/mol. The van der Waals surface area contributed by atoms with Gasteiger partial charge in [0.15, 0.2) is 23.0 Å². The van der Waals surface area contributed by atoms with Crippen LogP contribution in [0.15, 0.2) is 36.4 Å². The van der Waals surface area contributed by atoms with Crippen molar-refractivity contribution in [2.24, 2.45) is 0 Å². The van der Waals surface area contributed by atoms with E-state index in [0.717, 1.165) is 25.7 Å². The van der Waals surface area contributed by atoms with Crippen molar-refractivity contribution in [3.8, 4) is 34.5 Å². The minimum atomic E-state index is 0.0991. The van der Waals surface area contributed by atoms with Crippen LogP contribution in [0.3, 0.4) is 0 Å². The lowest BCUT2D eigenvalue weighted by molar-refractivity contribution is 0.285. The summed E-state index contributed by atoms with van der Waals surface area (Å²) in [6.45, 7) is 5.56. The highest BCUT2D eigenvalue weighted by atomic mass is 16.5. The fraction of sp³-hybridized carbons (Fsp3) is 0.571. The molecule has 0 radical (unpaired) electrons. The summed E-state index contributed by atoms with van der Waals surface area (Å²) < 4.78 is 17.5. The lowest BCUT2D eigenvalue weighted by atomic mass is 10.1. The van der Waals surface area contributed by atoms with E-state index in [9.17, 15) is 10.2 Å². The van der Waals surface area contributed by atoms with Crippen molar-refractivity contribution in [3.05, 3.63) is 36.4 Å². The maximum Gasteiger partial charge on any atom is 0.164 e. The van der Waals surface area contributed by atoms with Crippen molar-refractivity contribution < 1.29 is 24.4 Å². The van der Waals surface area contributed by atoms with Gasteiger partial charge in [-0.15, -0.1) is 0 Å². The Morgan fingerprint density at radius 3 is 1.36 bits per heavy atom. The van der Waals surface area contributed by atoms with Gasteiger partial charge in [0.2, 0.25) is 0 Å². The second-order valence-electron chi connectivity index (χ2n) is 8.59. The molecule has 0 unspecified atom stereocenters. The standard InChI is InChI=1S/C28H42O5/c1-3-5-7-9-11-13-19-31-27-21-23(15-17-25(27)29)33-24-16-18-26(30)28(22-24)32-20-14-12-10-8-6-4-2/h15-18,21-22,29-30H,3-14,19-20H2,1-2H3. The summed E-state index contributed by atoms with van der Waals surface area (Å²) in [6, 6.07) is 9.91. The smallest absolute Gasteiger partial charge is 0.164 e. The van der Waals surface area contributed by atoms with Crippen LogP contribution in [0.4, 0.5) is 0 Å². The first-order valence-electron chi connectivity index (χ1n) is 12.7. The van der Waals surface area contributed by atoms with Gasteiger partial charge in [0.25, 0.3) is 0 Å². The van der Waals surface area contributed by atoms with Crippen LogP contribution in [0.5, 0.6) is 34.5 Å². The van der Waals surface area contributed by atoms with Crippen molar-refractivity contribution >= 4 is 0 Å². The molecular weight excluding hydrogens is 416 g/mol. The van der Waals surface area contributed by atoms with E-state index in [0.29, 0.717) is 36.2 Å². The third-order valence-electron chi connectivity index (χ3n) is 5.61. The zero-order chi connectivity index (χ0) is 23.7. The van der Waals surface area contributed by atoms with Crippen molar-refractivity contribution in [2.75, 3.05) is 13.2 Å². The summed E-state index contributed by atoms with van der Waals surface area (Å²) in [4.78, 5) is 0. The molecule has 2 N–H and O–H groups in total. The molecule has 0 aromatic heterocycles. The Bertz CT molecular complexity index is 724. The van der Waals surface area contributed by atoms with Gasteiger partial charge >= 0.3 is 0 Å². The third-order valence-corrected chi connectivity index (χ3v) is 5.61. The molecule has 5 heteroatoms. The predicted octanol–water partition coefficient (Wildman–Crippen LogP) is 8.37. The van der Waals surface area contributed by atoms with Crippen LogP contribution in [0.1, 0.15) is 90.9 Å². The second-order valence-corrected chi connectivity index (χ2v) is 8.59. The van der Waals surface area contributed by atoms with Crippen LogP contribution in [-0.4, -0.2) is 23.4 Å². The Labute approximate surface area is 199 Å². The molecular formula is C28H42O5. The van der Waals surface area contributed by atoms with Gasteiger partial charge in [0, 0.05) is 12.1 Å². The van der Waals surface area contributed by atoms with Gasteiger partial charge in [-0.1, -0.05) is 78.1 Å². The van der Waals surface area contributed by atoms with Crippen LogP contribution in [0.2, 0.25) is 0 Å². The van der Waals surface area contributed by atoms with Gasteiger partial charge in [-0.05, 0) is 37.1 Å². The molecule has 2 rings (SSSR count). The molecule has 0 fully saturated rings. The number of hydrogen-bond donors (Lipinski definition) is 2. The Kier molecular flexibility index (Phi) is 13.0. The van der Waals surface area contributed by atoms with Gasteiger partial charge in [0.1, 0.15) is 11.5 Å². The summed E-state index contributed by atoms with van der Waals surface area (Å²) in [5.74, 6) is 2.14. The molecule has 0 bridgehead atoms. The molecule has 0 aliphatic heterocycles. The van der Waals surface area contributed by atoms with Gasteiger partial charge in [0.05, 0.1) is 13.2 Å². The summed E-state index contributed by atoms with van der Waals surface area (Å²) in [5.41, 5.74) is 0. The topological polar surface area (TPSA) is 68.2 Å². The fourth-order valence-electron chi connectivity index (χ4n) is 3.61. The normalized spacial score (nSPS) is 10.8. The number of benzene rings is 2. The molecule has 2 aromatic carbocycles. The highest BCUT2D eigenvalue weighted by Gasteiger charge is 2.09. The number of rotatable bonds is 18. The Balaban J connectivity index is 1.83. The van der Waals surface area contributed by atoms with Crippen molar-refractivity contribution in [3.63, 3.8) is 0 Å². The molecule has 0 atom stereocenters. The highest BCUT2D eigenvalue weighted by Crippen LogP contribution is 2.36. The molecule has 2 aromatic rings. The number of ether oxygens (including phenoxy) is 3. The quantitative estimate of drug-likeness (QED) is 0.220. The van der Waals surface area contributed by atoms with Crippen LogP contribution < -0.4 is 14.2 Å². The first-order chi connectivity index (χ1) is 16.1. The minimum Gasteiger partial charge on any atom is -0.504 e. The third kappa shape index (κ3) is 10.7. The van der Waals surface area contributed by atoms with Crippen LogP contribution in [0, 0.1) is 0 Å². The molecule has 184 valence electrons. The highest BCUT2D eigenvalue weighted by molar-refractivity contribution is 5.48.